The molecule has 1 nitrogen and oxygen atoms in total. The Hall–Kier alpha value is -0.961. The van der Waals surface area contributed by atoms with Crippen LogP contribution in [0.15, 0.2) is 59.6 Å². The molecule has 0 bridgehead atoms. The summed E-state index contributed by atoms with van der Waals surface area (Å²) in [7, 11) is 0. The van der Waals surface area contributed by atoms with Gasteiger partial charge in [0, 0.05) is 0 Å². The average Bonchev–Trinajstić information content (AvgIpc) is 2.76. The predicted octanol–water partition coefficient (Wildman–Crippen LogP) is 8.94. The molecule has 0 aliphatic carbocycles. The van der Waals surface area contributed by atoms with Gasteiger partial charge in [-0.15, -0.1) is 0 Å². The van der Waals surface area contributed by atoms with E-state index in [4.69, 9.17) is 12.2 Å². The number of para-hydroxylation sites is 1. The number of unbranched alkanes of at least 4 members (excludes halogenated alkanes) is 3. The molecule has 0 amide bonds. The molecule has 2 aromatic rings. The third-order valence-electron chi connectivity index (χ3n) is 6.24. The molecule has 3 heteroatoms. The van der Waals surface area contributed by atoms with Crippen LogP contribution in [-0.2, 0) is 0 Å². The van der Waals surface area contributed by atoms with Crippen molar-refractivity contribution in [3.63, 3.8) is 0 Å². The van der Waals surface area contributed by atoms with E-state index >= 15 is 0 Å². The van der Waals surface area contributed by atoms with E-state index in [-0.39, 0.29) is 0 Å². The molecule has 0 aliphatic heterocycles. The topological polar surface area (TPSA) is 12.4 Å². The number of benzene rings is 2. The molecule has 1 atom stereocenters. The van der Waals surface area contributed by atoms with Gasteiger partial charge in [0.1, 0.15) is 0 Å². The van der Waals surface area contributed by atoms with Crippen molar-refractivity contribution in [2.75, 3.05) is 0 Å². The van der Waals surface area contributed by atoms with Crippen LogP contribution < -0.4 is 0 Å². The standard InChI is InChI=1S/C14H10NS.3C4H9.Sn/c16-11-15-14-9-5-4-8-13(14)10-12-6-2-1-3-7-12;3*1-3-4-2;/h1-10H;3*1,3-4H2,2H3;. The molecular formula is C26H37NSSn. The molecule has 0 N–H and O–H groups in total. The quantitative estimate of drug-likeness (QED) is 0.148. The molecule has 156 valence electrons. The first-order valence-corrected chi connectivity index (χ1v) is 19.5. The second kappa shape index (κ2) is 13.4. The van der Waals surface area contributed by atoms with Gasteiger partial charge in [0.15, 0.2) is 0 Å². The van der Waals surface area contributed by atoms with Gasteiger partial charge < -0.3 is 0 Å². The Morgan fingerprint density at radius 3 is 1.83 bits per heavy atom. The summed E-state index contributed by atoms with van der Waals surface area (Å²) in [4.78, 5) is 4.51. The van der Waals surface area contributed by atoms with Gasteiger partial charge in [-0.1, -0.05) is 0 Å². The molecular weight excluding hydrogens is 477 g/mol. The van der Waals surface area contributed by atoms with E-state index in [9.17, 15) is 0 Å². The molecule has 0 aromatic heterocycles. The third-order valence-corrected chi connectivity index (χ3v) is 23.2. The summed E-state index contributed by atoms with van der Waals surface area (Å²) in [6.07, 6.45) is 7.97. The normalized spacial score (nSPS) is 12.4. The Balaban J connectivity index is 2.70. The van der Waals surface area contributed by atoms with Crippen LogP contribution in [0, 0.1) is 0 Å². The van der Waals surface area contributed by atoms with E-state index in [1.807, 2.05) is 0 Å². The first-order valence-electron chi connectivity index (χ1n) is 11.4. The molecule has 0 spiro atoms. The first kappa shape index (κ1) is 24.3. The van der Waals surface area contributed by atoms with Crippen molar-refractivity contribution in [2.24, 2.45) is 4.99 Å². The number of nitrogens with zero attached hydrogens (tertiary/aromatic N) is 1. The van der Waals surface area contributed by atoms with Gasteiger partial charge in [-0.05, 0) is 0 Å². The number of hydrogen-bond acceptors (Lipinski definition) is 2. The molecule has 1 unspecified atom stereocenters. The van der Waals surface area contributed by atoms with Crippen LogP contribution in [0.2, 0.25) is 13.3 Å². The summed E-state index contributed by atoms with van der Waals surface area (Å²) in [6, 6.07) is 20.0. The Morgan fingerprint density at radius 2 is 1.31 bits per heavy atom. The van der Waals surface area contributed by atoms with Crippen molar-refractivity contribution in [3.8, 4) is 0 Å². The Bertz CT molecular complexity index is 746. The average molecular weight is 514 g/mol. The summed E-state index contributed by atoms with van der Waals surface area (Å²) >= 11 is 2.38. The van der Waals surface area contributed by atoms with Crippen molar-refractivity contribution >= 4 is 41.4 Å². The van der Waals surface area contributed by atoms with E-state index in [2.05, 4.69) is 85.5 Å². The van der Waals surface area contributed by atoms with Crippen molar-refractivity contribution in [2.45, 2.75) is 76.5 Å². The zero-order chi connectivity index (χ0) is 21.0. The van der Waals surface area contributed by atoms with Crippen molar-refractivity contribution < 1.29 is 0 Å². The van der Waals surface area contributed by atoms with Crippen LogP contribution in [0.4, 0.5) is 5.69 Å². The second-order valence-corrected chi connectivity index (χ2v) is 22.2. The fourth-order valence-electron chi connectivity index (χ4n) is 4.79. The minimum absolute atomic E-state index is 0.540. The molecule has 0 heterocycles. The van der Waals surface area contributed by atoms with E-state index in [1.165, 1.54) is 63.0 Å². The van der Waals surface area contributed by atoms with Crippen molar-refractivity contribution in [3.05, 3.63) is 65.7 Å². The van der Waals surface area contributed by atoms with Gasteiger partial charge in [0.2, 0.25) is 0 Å². The van der Waals surface area contributed by atoms with Crippen LogP contribution in [-0.4, -0.2) is 23.5 Å². The third kappa shape index (κ3) is 6.77. The number of rotatable bonds is 13. The Morgan fingerprint density at radius 1 is 0.793 bits per heavy atom. The fourth-order valence-corrected chi connectivity index (χ4v) is 23.7. The monoisotopic (exact) mass is 515 g/mol. The van der Waals surface area contributed by atoms with E-state index in [0.717, 1.165) is 5.69 Å². The molecule has 0 aliphatic rings. The van der Waals surface area contributed by atoms with E-state index in [0.29, 0.717) is 3.93 Å². The van der Waals surface area contributed by atoms with Crippen LogP contribution in [0.25, 0.3) is 0 Å². The summed E-state index contributed by atoms with van der Waals surface area (Å²) < 4.78 is 4.96. The first-order chi connectivity index (χ1) is 14.2. The number of hydrogen-bond donors (Lipinski definition) is 0. The fraction of sp³-hybridized carbons (Fsp3) is 0.500. The molecule has 2 aromatic carbocycles. The van der Waals surface area contributed by atoms with Gasteiger partial charge >= 0.3 is 189 Å². The van der Waals surface area contributed by atoms with E-state index in [1.54, 1.807) is 0 Å². The maximum absolute atomic E-state index is 5.00. The molecule has 0 fully saturated rings. The zero-order valence-corrected chi connectivity index (χ0v) is 22.2. The van der Waals surface area contributed by atoms with Gasteiger partial charge in [0.05, 0.1) is 0 Å². The van der Waals surface area contributed by atoms with Crippen LogP contribution >= 0.6 is 12.2 Å². The summed E-state index contributed by atoms with van der Waals surface area (Å²) in [5.74, 6) is 0. The molecule has 0 saturated carbocycles. The second-order valence-electron chi connectivity index (χ2n) is 8.28. The van der Waals surface area contributed by atoms with Crippen LogP contribution in [0.1, 0.15) is 74.4 Å². The summed E-state index contributed by atoms with van der Waals surface area (Å²) in [6.45, 7) is 7.04. The van der Waals surface area contributed by atoms with Gasteiger partial charge in [-0.2, -0.15) is 0 Å². The molecule has 0 radical (unpaired) electrons. The summed E-state index contributed by atoms with van der Waals surface area (Å²) in [5.41, 5.74) is 3.93. The number of thiocarbonyl (C=S) groups is 1. The summed E-state index contributed by atoms with van der Waals surface area (Å²) in [5, 5.41) is 2.64. The Labute approximate surface area is 187 Å². The van der Waals surface area contributed by atoms with E-state index < -0.39 is 18.4 Å². The van der Waals surface area contributed by atoms with Crippen molar-refractivity contribution in [1.82, 2.24) is 0 Å². The Kier molecular flexibility index (Phi) is 11.2. The molecule has 2 rings (SSSR count). The minimum atomic E-state index is -2.62. The predicted molar refractivity (Wildman–Crippen MR) is 134 cm³/mol. The van der Waals surface area contributed by atoms with Crippen molar-refractivity contribution in [1.29, 1.82) is 0 Å². The number of aliphatic imine (C=N–C) groups is 1. The van der Waals surface area contributed by atoms with Gasteiger partial charge in [-0.3, -0.25) is 0 Å². The number of isothiocyanates is 1. The maximum atomic E-state index is 5.00. The molecule has 29 heavy (non-hydrogen) atoms. The SMILES string of the molecule is CCC[CH2][Sn]([CH2]CCC)([CH2]CCC)[CH](c1ccccc1)c1ccccc1N=C=S. The van der Waals surface area contributed by atoms with Gasteiger partial charge in [-0.25, -0.2) is 0 Å². The van der Waals surface area contributed by atoms with Crippen LogP contribution in [0.3, 0.4) is 0 Å². The molecule has 0 saturated heterocycles. The zero-order valence-electron chi connectivity index (χ0n) is 18.5. The van der Waals surface area contributed by atoms with Gasteiger partial charge in [0.25, 0.3) is 0 Å². The van der Waals surface area contributed by atoms with Crippen LogP contribution in [0.5, 0.6) is 0 Å².